The number of carbonyl (C=O) groups excluding carboxylic acids is 1. The van der Waals surface area contributed by atoms with E-state index in [0.717, 1.165) is 17.9 Å². The van der Waals surface area contributed by atoms with Crippen molar-refractivity contribution >= 4 is 27.7 Å². The highest BCUT2D eigenvalue weighted by Gasteiger charge is 2.34. The largest absolute Gasteiger partial charge is 0.494 e. The standard InChI is InChI=1S/C27H26ClF4NO4S/c1-38(35,36)25-16-23(11-8-21(25)18-34)37-15-3-13-33(14-12-19-6-9-22(29)10-7-19)17-20-4-2-5-24(26(20)28)27(30,31)32/h2,4-11,16,18H,3,12-15,17H2,1H3. The van der Waals surface area contributed by atoms with Crippen molar-refractivity contribution in [3.63, 3.8) is 0 Å². The van der Waals surface area contributed by atoms with Crippen LogP contribution >= 0.6 is 11.6 Å². The minimum absolute atomic E-state index is 0.0322. The Hall–Kier alpha value is -2.95. The van der Waals surface area contributed by atoms with Gasteiger partial charge in [0.15, 0.2) is 16.1 Å². The van der Waals surface area contributed by atoms with E-state index >= 15 is 0 Å². The number of halogens is 5. The van der Waals surface area contributed by atoms with Crippen LogP contribution in [0.25, 0.3) is 0 Å². The number of hydrogen-bond donors (Lipinski definition) is 0. The minimum atomic E-state index is -4.58. The van der Waals surface area contributed by atoms with Gasteiger partial charge in [-0.2, -0.15) is 13.2 Å². The lowest BCUT2D eigenvalue weighted by Gasteiger charge is -2.24. The van der Waals surface area contributed by atoms with Gasteiger partial charge in [-0.1, -0.05) is 35.9 Å². The van der Waals surface area contributed by atoms with Crippen molar-refractivity contribution in [3.8, 4) is 5.75 Å². The van der Waals surface area contributed by atoms with E-state index in [1.165, 1.54) is 36.4 Å². The highest BCUT2D eigenvalue weighted by Crippen LogP contribution is 2.36. The summed E-state index contributed by atoms with van der Waals surface area (Å²) in [5.74, 6) is -0.0893. The number of nitrogens with zero attached hydrogens (tertiary/aromatic N) is 1. The maximum atomic E-state index is 13.3. The Morgan fingerprint density at radius 1 is 1.03 bits per heavy atom. The van der Waals surface area contributed by atoms with Gasteiger partial charge in [0.2, 0.25) is 0 Å². The van der Waals surface area contributed by atoms with Crippen molar-refractivity contribution < 1.29 is 35.5 Å². The molecule has 38 heavy (non-hydrogen) atoms. The van der Waals surface area contributed by atoms with Crippen LogP contribution in [-0.2, 0) is 29.0 Å². The molecule has 0 aliphatic rings. The molecule has 0 aromatic heterocycles. The Bertz CT molecular complexity index is 1360. The molecule has 3 aromatic carbocycles. The Morgan fingerprint density at radius 2 is 1.74 bits per heavy atom. The van der Waals surface area contributed by atoms with Crippen LogP contribution in [0.2, 0.25) is 5.02 Å². The molecule has 0 N–H and O–H groups in total. The van der Waals surface area contributed by atoms with Gasteiger partial charge in [-0.25, -0.2) is 12.8 Å². The minimum Gasteiger partial charge on any atom is -0.494 e. The van der Waals surface area contributed by atoms with Crippen LogP contribution in [0, 0.1) is 5.82 Å². The van der Waals surface area contributed by atoms with Gasteiger partial charge in [0.1, 0.15) is 11.6 Å². The molecule has 3 rings (SSSR count). The van der Waals surface area contributed by atoms with Crippen LogP contribution in [0.3, 0.4) is 0 Å². The fraction of sp³-hybridized carbons (Fsp3) is 0.296. The first-order valence-corrected chi connectivity index (χ1v) is 13.9. The predicted octanol–water partition coefficient (Wildman–Crippen LogP) is 6.23. The second-order valence-electron chi connectivity index (χ2n) is 8.72. The molecule has 0 aliphatic carbocycles. The summed E-state index contributed by atoms with van der Waals surface area (Å²) < 4.78 is 82.8. The summed E-state index contributed by atoms with van der Waals surface area (Å²) in [4.78, 5) is 12.9. The van der Waals surface area contributed by atoms with Crippen LogP contribution in [0.5, 0.6) is 5.75 Å². The summed E-state index contributed by atoms with van der Waals surface area (Å²) >= 11 is 6.10. The van der Waals surface area contributed by atoms with Crippen molar-refractivity contribution in [2.24, 2.45) is 0 Å². The Labute approximate surface area is 223 Å². The van der Waals surface area contributed by atoms with Gasteiger partial charge in [-0.05, 0) is 60.4 Å². The zero-order chi connectivity index (χ0) is 27.9. The van der Waals surface area contributed by atoms with Crippen LogP contribution in [0.1, 0.15) is 33.5 Å². The van der Waals surface area contributed by atoms with Gasteiger partial charge in [-0.15, -0.1) is 0 Å². The highest BCUT2D eigenvalue weighted by molar-refractivity contribution is 7.90. The highest BCUT2D eigenvalue weighted by atomic mass is 35.5. The fourth-order valence-corrected chi connectivity index (χ4v) is 5.04. The number of hydrogen-bond acceptors (Lipinski definition) is 5. The van der Waals surface area contributed by atoms with Crippen molar-refractivity contribution in [1.29, 1.82) is 0 Å². The molecule has 0 saturated heterocycles. The molecule has 0 saturated carbocycles. The molecule has 11 heteroatoms. The maximum Gasteiger partial charge on any atom is 0.417 e. The first-order chi connectivity index (χ1) is 17.9. The van der Waals surface area contributed by atoms with E-state index in [4.69, 9.17) is 16.3 Å². The van der Waals surface area contributed by atoms with Gasteiger partial charge < -0.3 is 4.74 Å². The first-order valence-electron chi connectivity index (χ1n) is 11.6. The Morgan fingerprint density at radius 3 is 2.37 bits per heavy atom. The van der Waals surface area contributed by atoms with E-state index in [1.54, 1.807) is 18.2 Å². The second-order valence-corrected chi connectivity index (χ2v) is 11.1. The summed E-state index contributed by atoms with van der Waals surface area (Å²) in [7, 11) is -3.64. The third-order valence-corrected chi connectivity index (χ3v) is 7.41. The third-order valence-electron chi connectivity index (χ3n) is 5.81. The summed E-state index contributed by atoms with van der Waals surface area (Å²) in [6.07, 6.45) is -2.13. The van der Waals surface area contributed by atoms with Crippen LogP contribution in [-0.4, -0.2) is 45.6 Å². The van der Waals surface area contributed by atoms with E-state index in [9.17, 15) is 30.8 Å². The molecule has 0 aliphatic heterocycles. The average Bonchev–Trinajstić information content (AvgIpc) is 2.85. The fourth-order valence-electron chi connectivity index (χ4n) is 3.87. The molecule has 0 heterocycles. The van der Waals surface area contributed by atoms with E-state index in [-0.39, 0.29) is 40.2 Å². The number of sulfone groups is 1. The van der Waals surface area contributed by atoms with Gasteiger partial charge in [0.05, 0.1) is 22.1 Å². The topological polar surface area (TPSA) is 63.7 Å². The first kappa shape index (κ1) is 29.6. The molecule has 0 amide bonds. The Kier molecular flexibility index (Phi) is 9.92. The molecular weight excluding hydrogens is 546 g/mol. The van der Waals surface area contributed by atoms with E-state index < -0.39 is 21.6 Å². The van der Waals surface area contributed by atoms with Crippen molar-refractivity contribution in [2.75, 3.05) is 26.0 Å². The molecule has 0 unspecified atom stereocenters. The lowest BCUT2D eigenvalue weighted by molar-refractivity contribution is -0.137. The number of benzene rings is 3. The smallest absolute Gasteiger partial charge is 0.417 e. The lowest BCUT2D eigenvalue weighted by Crippen LogP contribution is -2.28. The molecule has 0 radical (unpaired) electrons. The SMILES string of the molecule is CS(=O)(=O)c1cc(OCCCN(CCc2ccc(F)cc2)Cc2cccc(C(F)(F)F)c2Cl)ccc1C=O. The van der Waals surface area contributed by atoms with Crippen molar-refractivity contribution in [3.05, 3.63) is 93.8 Å². The maximum absolute atomic E-state index is 13.3. The Balaban J connectivity index is 1.70. The molecule has 0 spiro atoms. The van der Waals surface area contributed by atoms with Gasteiger partial charge in [0, 0.05) is 31.5 Å². The number of carbonyl (C=O) groups is 1. The van der Waals surface area contributed by atoms with Gasteiger partial charge in [-0.3, -0.25) is 9.69 Å². The van der Waals surface area contributed by atoms with E-state index in [0.29, 0.717) is 37.8 Å². The number of alkyl halides is 3. The van der Waals surface area contributed by atoms with Crippen molar-refractivity contribution in [2.45, 2.75) is 30.5 Å². The molecule has 5 nitrogen and oxygen atoms in total. The van der Waals surface area contributed by atoms with Gasteiger partial charge in [0.25, 0.3) is 0 Å². The molecular formula is C27H26ClF4NO4S. The number of ether oxygens (including phenoxy) is 1. The lowest BCUT2D eigenvalue weighted by atomic mass is 10.1. The zero-order valence-corrected chi connectivity index (χ0v) is 22.0. The van der Waals surface area contributed by atoms with Crippen LogP contribution in [0.4, 0.5) is 17.6 Å². The van der Waals surface area contributed by atoms with Crippen molar-refractivity contribution in [1.82, 2.24) is 4.90 Å². The monoisotopic (exact) mass is 571 g/mol. The van der Waals surface area contributed by atoms with Gasteiger partial charge >= 0.3 is 6.18 Å². The van der Waals surface area contributed by atoms with E-state index in [1.807, 2.05) is 4.90 Å². The zero-order valence-electron chi connectivity index (χ0n) is 20.5. The summed E-state index contributed by atoms with van der Waals surface area (Å²) in [6, 6.07) is 13.9. The molecule has 0 atom stereocenters. The predicted molar refractivity (Wildman–Crippen MR) is 137 cm³/mol. The summed E-state index contributed by atoms with van der Waals surface area (Å²) in [5, 5.41) is -0.355. The molecule has 3 aromatic rings. The van der Waals surface area contributed by atoms with E-state index in [2.05, 4.69) is 0 Å². The third kappa shape index (κ3) is 8.28. The van der Waals surface area contributed by atoms with Crippen LogP contribution < -0.4 is 4.74 Å². The van der Waals surface area contributed by atoms with Crippen LogP contribution in [0.15, 0.2) is 65.6 Å². The quantitative estimate of drug-likeness (QED) is 0.147. The number of aldehydes is 1. The molecule has 204 valence electrons. The number of rotatable bonds is 12. The normalized spacial score (nSPS) is 12.1. The average molecular weight is 572 g/mol. The summed E-state index contributed by atoms with van der Waals surface area (Å²) in [5.41, 5.74) is 0.318. The molecule has 0 fully saturated rings. The second kappa shape index (κ2) is 12.7. The molecule has 0 bridgehead atoms. The summed E-state index contributed by atoms with van der Waals surface area (Å²) in [6.45, 7) is 1.23.